The number of ether oxygens (including phenoxy) is 1. The fourth-order valence-electron chi connectivity index (χ4n) is 5.34. The van der Waals surface area contributed by atoms with Gasteiger partial charge in [0.15, 0.2) is 8.32 Å². The highest BCUT2D eigenvalue weighted by atomic mass is 28.4. The molecule has 0 bridgehead atoms. The van der Waals surface area contributed by atoms with Crippen LogP contribution in [0.1, 0.15) is 83.5 Å². The van der Waals surface area contributed by atoms with E-state index in [1.54, 1.807) is 18.5 Å². The number of alkyl carbamates (subject to hydrolysis) is 1. The van der Waals surface area contributed by atoms with Crippen LogP contribution < -0.4 is 15.5 Å². The first-order valence-electron chi connectivity index (χ1n) is 15.6. The highest BCUT2D eigenvalue weighted by Gasteiger charge is 2.45. The summed E-state index contributed by atoms with van der Waals surface area (Å²) in [6, 6.07) is 7.14. The first-order valence-corrected chi connectivity index (χ1v) is 18.5. The van der Waals surface area contributed by atoms with E-state index in [1.165, 1.54) is 0 Å². The standard InChI is InChI=1S/C33H47N5O5Si/c1-20-18-38(19-25(37-31(40)42-32(2,3)4)28(20)43-44(8,9)33(5,6)7)26-14-15-34-17-24(26)35-29(39)23-13-12-22-16-27(21-10-11-21)41-30(22)36-23/h12-17,20-21,25,28H,10-11,18-19H2,1-9H3,(H,35,39)(H,37,40)/t20-,25+,28?/m0/s1. The van der Waals surface area contributed by atoms with Gasteiger partial charge in [0.05, 0.1) is 29.7 Å². The second kappa shape index (κ2) is 11.8. The van der Waals surface area contributed by atoms with Crippen LogP contribution in [0.5, 0.6) is 0 Å². The molecule has 44 heavy (non-hydrogen) atoms. The third-order valence-electron chi connectivity index (χ3n) is 8.82. The molecular weight excluding hydrogens is 574 g/mol. The summed E-state index contributed by atoms with van der Waals surface area (Å²) >= 11 is 0. The minimum Gasteiger partial charge on any atom is -0.444 e. The number of carbonyl (C=O) groups is 2. The first-order chi connectivity index (χ1) is 20.5. The molecule has 2 fully saturated rings. The second-order valence-corrected chi connectivity index (χ2v) is 19.6. The number of rotatable bonds is 7. The number of amides is 2. The Morgan fingerprint density at radius 3 is 2.45 bits per heavy atom. The van der Waals surface area contributed by atoms with E-state index in [0.717, 1.165) is 29.7 Å². The smallest absolute Gasteiger partial charge is 0.408 e. The van der Waals surface area contributed by atoms with Gasteiger partial charge in [-0.25, -0.2) is 9.78 Å². The number of nitrogens with one attached hydrogen (secondary N) is 2. The topological polar surface area (TPSA) is 119 Å². The first kappa shape index (κ1) is 32.0. The van der Waals surface area contributed by atoms with Crippen LogP contribution in [0.25, 0.3) is 11.1 Å². The Bertz CT molecular complexity index is 1520. The fourth-order valence-corrected chi connectivity index (χ4v) is 6.77. The minimum absolute atomic E-state index is 0.00896. The molecule has 0 radical (unpaired) electrons. The Balaban J connectivity index is 1.38. The molecule has 2 amide bonds. The maximum absolute atomic E-state index is 13.4. The van der Waals surface area contributed by atoms with Crippen molar-refractivity contribution in [2.75, 3.05) is 23.3 Å². The molecule has 10 nitrogen and oxygen atoms in total. The van der Waals surface area contributed by atoms with Gasteiger partial charge >= 0.3 is 6.09 Å². The van der Waals surface area contributed by atoms with Gasteiger partial charge in [0, 0.05) is 36.5 Å². The van der Waals surface area contributed by atoms with Crippen molar-refractivity contribution in [3.05, 3.63) is 48.1 Å². The molecule has 0 spiro atoms. The number of anilines is 2. The molecule has 1 aliphatic heterocycles. The van der Waals surface area contributed by atoms with Crippen LogP contribution in [0.15, 0.2) is 41.1 Å². The van der Waals surface area contributed by atoms with E-state index in [4.69, 9.17) is 13.6 Å². The minimum atomic E-state index is -2.16. The van der Waals surface area contributed by atoms with E-state index in [1.807, 2.05) is 39.0 Å². The van der Waals surface area contributed by atoms with Crippen LogP contribution in [0.3, 0.4) is 0 Å². The fraction of sp³-hybridized carbons (Fsp3) is 0.576. The normalized spacial score (nSPS) is 21.3. The van der Waals surface area contributed by atoms with Gasteiger partial charge in [0.2, 0.25) is 5.71 Å². The zero-order chi connectivity index (χ0) is 32.0. The van der Waals surface area contributed by atoms with Crippen molar-refractivity contribution in [3.63, 3.8) is 0 Å². The zero-order valence-electron chi connectivity index (χ0n) is 27.5. The number of pyridine rings is 2. The summed E-state index contributed by atoms with van der Waals surface area (Å²) in [5, 5.41) is 7.04. The second-order valence-electron chi connectivity index (χ2n) is 14.8. The van der Waals surface area contributed by atoms with Gasteiger partial charge in [0.1, 0.15) is 17.1 Å². The molecular formula is C33H47N5O5Si. The van der Waals surface area contributed by atoms with Gasteiger partial charge < -0.3 is 29.1 Å². The van der Waals surface area contributed by atoms with E-state index in [0.29, 0.717) is 30.4 Å². The lowest BCUT2D eigenvalue weighted by Crippen LogP contribution is -2.63. The zero-order valence-corrected chi connectivity index (χ0v) is 28.5. The summed E-state index contributed by atoms with van der Waals surface area (Å²) in [6.45, 7) is 19.9. The summed E-state index contributed by atoms with van der Waals surface area (Å²) in [6.07, 6.45) is 4.92. The molecule has 4 heterocycles. The van der Waals surface area contributed by atoms with Crippen molar-refractivity contribution in [1.82, 2.24) is 15.3 Å². The number of piperidine rings is 1. The maximum atomic E-state index is 13.4. The lowest BCUT2D eigenvalue weighted by atomic mass is 9.92. The van der Waals surface area contributed by atoms with Crippen molar-refractivity contribution in [3.8, 4) is 0 Å². The average Bonchev–Trinajstić information content (AvgIpc) is 3.67. The van der Waals surface area contributed by atoms with E-state index in [2.05, 4.69) is 66.3 Å². The van der Waals surface area contributed by atoms with Gasteiger partial charge in [-0.1, -0.05) is 27.7 Å². The Labute approximate surface area is 261 Å². The number of hydrogen-bond donors (Lipinski definition) is 2. The predicted molar refractivity (Wildman–Crippen MR) is 175 cm³/mol. The van der Waals surface area contributed by atoms with E-state index in [-0.39, 0.29) is 34.7 Å². The molecule has 11 heteroatoms. The van der Waals surface area contributed by atoms with Crippen LogP contribution in [0.2, 0.25) is 18.1 Å². The highest BCUT2D eigenvalue weighted by molar-refractivity contribution is 6.74. The lowest BCUT2D eigenvalue weighted by Gasteiger charge is -2.48. The molecule has 238 valence electrons. The Kier molecular flexibility index (Phi) is 8.58. The molecule has 2 N–H and O–H groups in total. The molecule has 1 saturated carbocycles. The third-order valence-corrected chi connectivity index (χ3v) is 13.3. The SMILES string of the molecule is C[C@H]1CN(c2ccncc2NC(=O)c2ccc3cc(C4CC4)oc3n2)C[C@@H](NC(=O)OC(C)(C)C)C1O[Si](C)(C)C(C)(C)C. The van der Waals surface area contributed by atoms with Crippen molar-refractivity contribution < 1.29 is 23.2 Å². The number of fused-ring (bicyclic) bond motifs is 1. The van der Waals surface area contributed by atoms with Gasteiger partial charge in [-0.15, -0.1) is 0 Å². The molecule has 1 saturated heterocycles. The van der Waals surface area contributed by atoms with Crippen LogP contribution >= 0.6 is 0 Å². The van der Waals surface area contributed by atoms with Crippen molar-refractivity contribution in [2.24, 2.45) is 5.92 Å². The van der Waals surface area contributed by atoms with Gasteiger partial charge in [-0.05, 0) is 76.0 Å². The van der Waals surface area contributed by atoms with E-state index < -0.39 is 20.0 Å². The summed E-state index contributed by atoms with van der Waals surface area (Å²) in [5.41, 5.74) is 1.47. The third kappa shape index (κ3) is 7.26. The van der Waals surface area contributed by atoms with Crippen LogP contribution in [-0.2, 0) is 9.16 Å². The lowest BCUT2D eigenvalue weighted by molar-refractivity contribution is 0.0336. The summed E-state index contributed by atoms with van der Waals surface area (Å²) in [5.74, 6) is 1.12. The highest BCUT2D eigenvalue weighted by Crippen LogP contribution is 2.42. The average molecular weight is 622 g/mol. The van der Waals surface area contributed by atoms with Crippen LogP contribution in [-0.4, -0.2) is 61.1 Å². The number of carbonyl (C=O) groups excluding carboxylic acids is 2. The molecule has 3 aromatic heterocycles. The Hall–Kier alpha value is -3.44. The largest absolute Gasteiger partial charge is 0.444 e. The Morgan fingerprint density at radius 1 is 1.07 bits per heavy atom. The maximum Gasteiger partial charge on any atom is 0.408 e. The summed E-state index contributed by atoms with van der Waals surface area (Å²) in [4.78, 5) is 37.4. The molecule has 1 unspecified atom stereocenters. The number of furan rings is 1. The van der Waals surface area contributed by atoms with E-state index >= 15 is 0 Å². The molecule has 1 aliphatic carbocycles. The molecule has 2 aliphatic rings. The monoisotopic (exact) mass is 621 g/mol. The van der Waals surface area contributed by atoms with Gasteiger partial charge in [-0.2, -0.15) is 0 Å². The number of aromatic nitrogens is 2. The Morgan fingerprint density at radius 2 is 1.80 bits per heavy atom. The predicted octanol–water partition coefficient (Wildman–Crippen LogP) is 7.09. The van der Waals surface area contributed by atoms with Crippen molar-refractivity contribution >= 4 is 42.8 Å². The number of nitrogens with zero attached hydrogens (tertiary/aromatic N) is 3. The number of hydrogen-bond acceptors (Lipinski definition) is 8. The molecule has 3 atom stereocenters. The van der Waals surface area contributed by atoms with E-state index in [9.17, 15) is 9.59 Å². The molecule has 3 aromatic rings. The quantitative estimate of drug-likeness (QED) is 0.268. The van der Waals surface area contributed by atoms with Gasteiger partial charge in [-0.3, -0.25) is 9.78 Å². The summed E-state index contributed by atoms with van der Waals surface area (Å²) < 4.78 is 18.5. The van der Waals surface area contributed by atoms with Crippen molar-refractivity contribution in [1.29, 1.82) is 0 Å². The summed E-state index contributed by atoms with van der Waals surface area (Å²) in [7, 11) is -2.16. The van der Waals surface area contributed by atoms with Crippen LogP contribution in [0.4, 0.5) is 16.2 Å². The molecule has 0 aromatic carbocycles. The van der Waals surface area contributed by atoms with Crippen molar-refractivity contribution in [2.45, 2.75) is 103 Å². The van der Waals surface area contributed by atoms with Gasteiger partial charge in [0.25, 0.3) is 5.91 Å². The van der Waals surface area contributed by atoms with Crippen LogP contribution in [0, 0.1) is 5.92 Å². The molecule has 5 rings (SSSR count).